The van der Waals surface area contributed by atoms with E-state index in [-0.39, 0.29) is 17.6 Å². The van der Waals surface area contributed by atoms with E-state index in [4.69, 9.17) is 4.98 Å². The lowest BCUT2D eigenvalue weighted by molar-refractivity contribution is 0.0699. The number of pyridine rings is 1. The molecule has 1 aromatic carbocycles. The van der Waals surface area contributed by atoms with E-state index in [1.54, 1.807) is 12.3 Å². The predicted octanol–water partition coefficient (Wildman–Crippen LogP) is 3.70. The number of amides is 1. The second-order valence-corrected chi connectivity index (χ2v) is 6.64. The standard InChI is InChI=1S/C21H19FN4O/c22-17-6-1-4-15(12-17)18-7-2-8-19(25-18)16-5-3-11-26(14-16)21(27)20-13-23-9-10-24-20/h1-2,4,6-10,12-13,16H,3,5,11,14H2/t16-/m1/s1. The summed E-state index contributed by atoms with van der Waals surface area (Å²) in [7, 11) is 0. The van der Waals surface area contributed by atoms with E-state index in [2.05, 4.69) is 9.97 Å². The number of carbonyl (C=O) groups is 1. The summed E-state index contributed by atoms with van der Waals surface area (Å²) in [5.74, 6) is -0.236. The SMILES string of the molecule is O=C(c1cnccn1)N1CCC[C@@H](c2cccc(-c3cccc(F)c3)n2)C1. The molecule has 6 heteroatoms. The predicted molar refractivity (Wildman–Crippen MR) is 99.5 cm³/mol. The summed E-state index contributed by atoms with van der Waals surface area (Å²) in [4.78, 5) is 27.3. The van der Waals surface area contributed by atoms with Crippen molar-refractivity contribution in [3.8, 4) is 11.3 Å². The number of hydrogen-bond acceptors (Lipinski definition) is 4. The van der Waals surface area contributed by atoms with Gasteiger partial charge < -0.3 is 4.90 Å². The first-order valence-electron chi connectivity index (χ1n) is 8.99. The fourth-order valence-corrected chi connectivity index (χ4v) is 3.46. The van der Waals surface area contributed by atoms with Crippen molar-refractivity contribution in [1.82, 2.24) is 19.9 Å². The molecule has 0 unspecified atom stereocenters. The average molecular weight is 362 g/mol. The smallest absolute Gasteiger partial charge is 0.274 e. The first kappa shape index (κ1) is 17.3. The highest BCUT2D eigenvalue weighted by Gasteiger charge is 2.27. The monoisotopic (exact) mass is 362 g/mol. The first-order chi connectivity index (χ1) is 13.2. The van der Waals surface area contributed by atoms with Crippen LogP contribution in [0.5, 0.6) is 0 Å². The van der Waals surface area contributed by atoms with Gasteiger partial charge in [0, 0.05) is 42.7 Å². The summed E-state index contributed by atoms with van der Waals surface area (Å²) in [6, 6.07) is 12.2. The molecular formula is C21H19FN4O. The van der Waals surface area contributed by atoms with E-state index in [1.165, 1.54) is 24.5 Å². The van der Waals surface area contributed by atoms with Gasteiger partial charge in [-0.05, 0) is 37.1 Å². The largest absolute Gasteiger partial charge is 0.337 e. The van der Waals surface area contributed by atoms with Crippen molar-refractivity contribution in [2.24, 2.45) is 0 Å². The number of likely N-dealkylation sites (tertiary alicyclic amines) is 1. The minimum Gasteiger partial charge on any atom is -0.337 e. The molecule has 1 aliphatic rings. The number of nitrogens with zero attached hydrogens (tertiary/aromatic N) is 4. The minimum absolute atomic E-state index is 0.103. The van der Waals surface area contributed by atoms with Crippen LogP contribution in [0, 0.1) is 5.82 Å². The van der Waals surface area contributed by atoms with E-state index in [0.717, 1.165) is 29.8 Å². The van der Waals surface area contributed by atoms with Gasteiger partial charge in [0.15, 0.2) is 0 Å². The normalized spacial score (nSPS) is 16.9. The number of piperidine rings is 1. The Morgan fingerprint density at radius 1 is 1.15 bits per heavy atom. The van der Waals surface area contributed by atoms with Gasteiger partial charge in [0.05, 0.1) is 11.9 Å². The van der Waals surface area contributed by atoms with Gasteiger partial charge in [0.2, 0.25) is 0 Å². The summed E-state index contributed by atoms with van der Waals surface area (Å²) in [6.45, 7) is 1.30. The average Bonchev–Trinajstić information content (AvgIpc) is 2.74. The van der Waals surface area contributed by atoms with Crippen molar-refractivity contribution in [1.29, 1.82) is 0 Å². The number of hydrogen-bond donors (Lipinski definition) is 0. The van der Waals surface area contributed by atoms with Crippen molar-refractivity contribution in [3.63, 3.8) is 0 Å². The maximum absolute atomic E-state index is 13.5. The quantitative estimate of drug-likeness (QED) is 0.713. The van der Waals surface area contributed by atoms with Crippen LogP contribution < -0.4 is 0 Å². The highest BCUT2D eigenvalue weighted by Crippen LogP contribution is 2.28. The van der Waals surface area contributed by atoms with Crippen LogP contribution in [0.25, 0.3) is 11.3 Å². The lowest BCUT2D eigenvalue weighted by Gasteiger charge is -2.32. The topological polar surface area (TPSA) is 59.0 Å². The molecule has 0 saturated carbocycles. The molecule has 0 spiro atoms. The molecule has 1 amide bonds. The molecule has 1 aliphatic heterocycles. The van der Waals surface area contributed by atoms with E-state index >= 15 is 0 Å². The molecule has 1 saturated heterocycles. The number of rotatable bonds is 3. The zero-order chi connectivity index (χ0) is 18.6. The highest BCUT2D eigenvalue weighted by molar-refractivity contribution is 5.92. The van der Waals surface area contributed by atoms with Crippen molar-refractivity contribution < 1.29 is 9.18 Å². The molecule has 0 radical (unpaired) electrons. The summed E-state index contributed by atoms with van der Waals surface area (Å²) < 4.78 is 13.5. The fraction of sp³-hybridized carbons (Fsp3) is 0.238. The maximum atomic E-state index is 13.5. The Morgan fingerprint density at radius 2 is 2.04 bits per heavy atom. The summed E-state index contributed by atoms with van der Waals surface area (Å²) in [6.07, 6.45) is 6.44. The number of benzene rings is 1. The molecule has 2 aromatic heterocycles. The van der Waals surface area contributed by atoms with Gasteiger partial charge in [-0.25, -0.2) is 9.37 Å². The van der Waals surface area contributed by atoms with Gasteiger partial charge in [-0.1, -0.05) is 18.2 Å². The van der Waals surface area contributed by atoms with Gasteiger partial charge in [-0.2, -0.15) is 0 Å². The molecule has 1 atom stereocenters. The van der Waals surface area contributed by atoms with Crippen LogP contribution in [0.4, 0.5) is 4.39 Å². The zero-order valence-electron chi connectivity index (χ0n) is 14.8. The zero-order valence-corrected chi connectivity index (χ0v) is 14.8. The van der Waals surface area contributed by atoms with Gasteiger partial charge in [-0.3, -0.25) is 14.8 Å². The molecule has 136 valence electrons. The lowest BCUT2D eigenvalue weighted by atomic mass is 9.93. The second kappa shape index (κ2) is 7.61. The first-order valence-corrected chi connectivity index (χ1v) is 8.99. The van der Waals surface area contributed by atoms with E-state index in [1.807, 2.05) is 29.2 Å². The Labute approximate surface area is 156 Å². The van der Waals surface area contributed by atoms with Crippen molar-refractivity contribution >= 4 is 5.91 Å². The molecule has 5 nitrogen and oxygen atoms in total. The molecule has 0 N–H and O–H groups in total. The molecule has 3 aromatic rings. The van der Waals surface area contributed by atoms with E-state index in [9.17, 15) is 9.18 Å². The Morgan fingerprint density at radius 3 is 2.85 bits per heavy atom. The molecular weight excluding hydrogens is 343 g/mol. The van der Waals surface area contributed by atoms with Crippen LogP contribution in [-0.4, -0.2) is 38.8 Å². The van der Waals surface area contributed by atoms with Gasteiger partial charge in [-0.15, -0.1) is 0 Å². The Balaban J connectivity index is 1.55. The number of halogens is 1. The third-order valence-electron chi connectivity index (χ3n) is 4.80. The van der Waals surface area contributed by atoms with Crippen LogP contribution in [-0.2, 0) is 0 Å². The van der Waals surface area contributed by atoms with Crippen molar-refractivity contribution in [2.45, 2.75) is 18.8 Å². The Bertz CT molecular complexity index is 948. The third-order valence-corrected chi connectivity index (χ3v) is 4.80. The van der Waals surface area contributed by atoms with Crippen LogP contribution >= 0.6 is 0 Å². The third kappa shape index (κ3) is 3.84. The van der Waals surface area contributed by atoms with Crippen LogP contribution in [0.2, 0.25) is 0 Å². The molecule has 0 aliphatic carbocycles. The minimum atomic E-state index is -0.280. The molecule has 4 rings (SSSR count). The molecule has 0 bridgehead atoms. The Hall–Kier alpha value is -3.15. The van der Waals surface area contributed by atoms with E-state index < -0.39 is 0 Å². The van der Waals surface area contributed by atoms with Crippen LogP contribution in [0.1, 0.15) is 34.9 Å². The maximum Gasteiger partial charge on any atom is 0.274 e. The Kier molecular flexibility index (Phi) is 4.87. The van der Waals surface area contributed by atoms with Crippen molar-refractivity contribution in [2.75, 3.05) is 13.1 Å². The highest BCUT2D eigenvalue weighted by atomic mass is 19.1. The van der Waals surface area contributed by atoms with Gasteiger partial charge in [0.1, 0.15) is 11.5 Å². The van der Waals surface area contributed by atoms with Gasteiger partial charge >= 0.3 is 0 Å². The number of aromatic nitrogens is 3. The fourth-order valence-electron chi connectivity index (χ4n) is 3.46. The van der Waals surface area contributed by atoms with Crippen LogP contribution in [0.15, 0.2) is 61.1 Å². The van der Waals surface area contributed by atoms with Gasteiger partial charge in [0.25, 0.3) is 5.91 Å². The lowest BCUT2D eigenvalue weighted by Crippen LogP contribution is -2.39. The molecule has 1 fully saturated rings. The van der Waals surface area contributed by atoms with E-state index in [0.29, 0.717) is 18.8 Å². The van der Waals surface area contributed by atoms with Crippen molar-refractivity contribution in [3.05, 3.63) is 78.3 Å². The summed E-state index contributed by atoms with van der Waals surface area (Å²) in [5.41, 5.74) is 2.78. The second-order valence-electron chi connectivity index (χ2n) is 6.64. The van der Waals surface area contributed by atoms with Crippen LogP contribution in [0.3, 0.4) is 0 Å². The molecule has 3 heterocycles. The molecule has 27 heavy (non-hydrogen) atoms. The summed E-state index contributed by atoms with van der Waals surface area (Å²) in [5, 5.41) is 0. The number of carbonyl (C=O) groups excluding carboxylic acids is 1. The summed E-state index contributed by atoms with van der Waals surface area (Å²) >= 11 is 0.